The topological polar surface area (TPSA) is 34.1 Å². The zero-order valence-electron chi connectivity index (χ0n) is 9.46. The monoisotopic (exact) mass is 246 g/mol. The second kappa shape index (κ2) is 4.30. The van der Waals surface area contributed by atoms with Gasteiger partial charge in [-0.25, -0.2) is 0 Å². The van der Waals surface area contributed by atoms with Crippen LogP contribution in [0.2, 0.25) is 0 Å². The molecular weight excluding hydrogens is 232 g/mol. The third-order valence-corrected chi connectivity index (χ3v) is 5.15. The number of carbonyl (C=O) groups excluding carboxylic acids is 2. The van der Waals surface area contributed by atoms with E-state index in [2.05, 4.69) is 0 Å². The largest absolute Gasteiger partial charge is 0.300 e. The minimum Gasteiger partial charge on any atom is -0.300 e. The predicted molar refractivity (Wildman–Crippen MR) is 66.9 cm³/mol. The Hall–Kier alpha value is -1.09. The average molecular weight is 246 g/mol. The van der Waals surface area contributed by atoms with Crippen LogP contribution in [-0.2, 0) is 9.59 Å². The van der Waals surface area contributed by atoms with Gasteiger partial charge in [0.15, 0.2) is 0 Å². The molecule has 1 aromatic rings. The molecule has 88 valence electrons. The number of hydrogen-bond acceptors (Lipinski definition) is 3. The van der Waals surface area contributed by atoms with Gasteiger partial charge in [-0.1, -0.05) is 18.2 Å². The molecule has 0 aliphatic heterocycles. The zero-order valence-corrected chi connectivity index (χ0v) is 10.3. The molecule has 17 heavy (non-hydrogen) atoms. The van der Waals surface area contributed by atoms with Crippen LogP contribution in [0, 0.1) is 11.8 Å². The third-order valence-electron chi connectivity index (χ3n) is 3.73. The molecule has 2 aliphatic carbocycles. The van der Waals surface area contributed by atoms with Gasteiger partial charge in [0.25, 0.3) is 0 Å². The van der Waals surface area contributed by atoms with Crippen molar-refractivity contribution in [2.75, 3.05) is 0 Å². The van der Waals surface area contributed by atoms with Crippen molar-refractivity contribution in [2.24, 2.45) is 11.8 Å². The fourth-order valence-electron chi connectivity index (χ4n) is 2.95. The summed E-state index contributed by atoms with van der Waals surface area (Å²) in [6.45, 7) is 0. The number of Topliss-reactive ketones (excluding diaryl/α,β-unsaturated/α-hetero) is 2. The molecule has 2 saturated carbocycles. The average Bonchev–Trinajstić information content (AvgIpc) is 2.79. The molecule has 0 aromatic heterocycles. The highest BCUT2D eigenvalue weighted by Crippen LogP contribution is 2.47. The van der Waals surface area contributed by atoms with Gasteiger partial charge in [-0.05, 0) is 24.0 Å². The van der Waals surface area contributed by atoms with E-state index >= 15 is 0 Å². The number of rotatable bonds is 2. The highest BCUT2D eigenvalue weighted by atomic mass is 32.2. The molecule has 0 N–H and O–H groups in total. The fraction of sp³-hybridized carbons (Fsp3) is 0.429. The van der Waals surface area contributed by atoms with E-state index in [-0.39, 0.29) is 5.25 Å². The van der Waals surface area contributed by atoms with Gasteiger partial charge in [0, 0.05) is 24.2 Å². The first-order chi connectivity index (χ1) is 8.24. The highest BCUT2D eigenvalue weighted by Gasteiger charge is 2.47. The van der Waals surface area contributed by atoms with E-state index in [1.165, 1.54) is 0 Å². The van der Waals surface area contributed by atoms with Gasteiger partial charge in [-0.2, -0.15) is 0 Å². The van der Waals surface area contributed by atoms with E-state index in [1.807, 2.05) is 30.3 Å². The van der Waals surface area contributed by atoms with Gasteiger partial charge in [0.1, 0.15) is 11.6 Å². The normalized spacial score (nSPS) is 31.9. The molecule has 0 radical (unpaired) electrons. The van der Waals surface area contributed by atoms with Crippen molar-refractivity contribution in [3.63, 3.8) is 0 Å². The molecule has 1 aromatic carbocycles. The molecule has 2 aliphatic rings. The first-order valence-corrected chi connectivity index (χ1v) is 6.88. The SMILES string of the molecule is O=C1CC2CC(=O)C(Sc3ccccc3)C2C1. The molecule has 0 heterocycles. The van der Waals surface area contributed by atoms with E-state index in [4.69, 9.17) is 0 Å². The number of thioether (sulfide) groups is 1. The molecule has 2 nitrogen and oxygen atoms in total. The number of hydrogen-bond donors (Lipinski definition) is 0. The third kappa shape index (κ3) is 2.04. The molecule has 2 fully saturated rings. The summed E-state index contributed by atoms with van der Waals surface area (Å²) in [6.07, 6.45) is 1.85. The first-order valence-electron chi connectivity index (χ1n) is 6.00. The lowest BCUT2D eigenvalue weighted by Gasteiger charge is -2.15. The van der Waals surface area contributed by atoms with Crippen LogP contribution in [-0.4, -0.2) is 16.8 Å². The van der Waals surface area contributed by atoms with Gasteiger partial charge in [-0.15, -0.1) is 11.8 Å². The summed E-state index contributed by atoms with van der Waals surface area (Å²) in [4.78, 5) is 24.5. The van der Waals surface area contributed by atoms with Crippen LogP contribution < -0.4 is 0 Å². The predicted octanol–water partition coefficient (Wildman–Crippen LogP) is 2.72. The Morgan fingerprint density at radius 1 is 1.00 bits per heavy atom. The van der Waals surface area contributed by atoms with Crippen LogP contribution in [0.1, 0.15) is 19.3 Å². The molecule has 0 spiro atoms. The van der Waals surface area contributed by atoms with Crippen molar-refractivity contribution < 1.29 is 9.59 Å². The van der Waals surface area contributed by atoms with E-state index < -0.39 is 0 Å². The first kappa shape index (κ1) is 11.0. The summed E-state index contributed by atoms with van der Waals surface area (Å²) >= 11 is 1.64. The molecule has 0 bridgehead atoms. The lowest BCUT2D eigenvalue weighted by Crippen LogP contribution is -2.18. The number of carbonyl (C=O) groups is 2. The van der Waals surface area contributed by atoms with Crippen LogP contribution >= 0.6 is 11.8 Å². The van der Waals surface area contributed by atoms with Gasteiger partial charge >= 0.3 is 0 Å². The van der Waals surface area contributed by atoms with Crippen molar-refractivity contribution in [1.29, 1.82) is 0 Å². The Morgan fingerprint density at radius 3 is 2.53 bits per heavy atom. The number of ketones is 2. The quantitative estimate of drug-likeness (QED) is 0.804. The van der Waals surface area contributed by atoms with Gasteiger partial charge in [0.05, 0.1) is 5.25 Å². The highest BCUT2D eigenvalue weighted by molar-refractivity contribution is 8.00. The maximum atomic E-state index is 12.0. The molecular formula is C14H14O2S. The van der Waals surface area contributed by atoms with Gasteiger partial charge in [0.2, 0.25) is 0 Å². The molecule has 0 amide bonds. The summed E-state index contributed by atoms with van der Waals surface area (Å²) in [5.41, 5.74) is 0. The Bertz CT molecular complexity index is 455. The minimum atomic E-state index is 0.00819. The van der Waals surface area contributed by atoms with E-state index in [0.29, 0.717) is 42.7 Å². The Labute approximate surface area is 105 Å². The van der Waals surface area contributed by atoms with E-state index in [1.54, 1.807) is 11.8 Å². The van der Waals surface area contributed by atoms with Gasteiger partial charge in [-0.3, -0.25) is 9.59 Å². The van der Waals surface area contributed by atoms with Crippen molar-refractivity contribution in [3.8, 4) is 0 Å². The summed E-state index contributed by atoms with van der Waals surface area (Å²) < 4.78 is 0. The van der Waals surface area contributed by atoms with Crippen molar-refractivity contribution >= 4 is 23.3 Å². The molecule has 0 saturated heterocycles. The fourth-order valence-corrected chi connectivity index (χ4v) is 4.28. The maximum Gasteiger partial charge on any atom is 0.146 e. The van der Waals surface area contributed by atoms with Crippen LogP contribution in [0.25, 0.3) is 0 Å². The Kier molecular flexibility index (Phi) is 2.79. The standard InChI is InChI=1S/C14H14O2S/c15-10-6-9-7-13(16)14(12(9)8-10)17-11-4-2-1-3-5-11/h1-5,9,12,14H,6-8H2. The number of benzene rings is 1. The van der Waals surface area contributed by atoms with Crippen molar-refractivity contribution in [2.45, 2.75) is 29.4 Å². The van der Waals surface area contributed by atoms with Crippen molar-refractivity contribution in [1.82, 2.24) is 0 Å². The molecule has 3 heteroatoms. The summed E-state index contributed by atoms with van der Waals surface area (Å²) in [7, 11) is 0. The second-order valence-electron chi connectivity index (χ2n) is 4.89. The maximum absolute atomic E-state index is 12.0. The molecule has 3 unspecified atom stereocenters. The summed E-state index contributed by atoms with van der Waals surface area (Å²) in [6, 6.07) is 10.0. The van der Waals surface area contributed by atoms with Crippen LogP contribution in [0.3, 0.4) is 0 Å². The van der Waals surface area contributed by atoms with E-state index in [9.17, 15) is 9.59 Å². The molecule has 3 atom stereocenters. The lowest BCUT2D eigenvalue weighted by molar-refractivity contribution is -0.119. The minimum absolute atomic E-state index is 0.00819. The Morgan fingerprint density at radius 2 is 1.76 bits per heavy atom. The number of fused-ring (bicyclic) bond motifs is 1. The lowest BCUT2D eigenvalue weighted by atomic mass is 10.0. The van der Waals surface area contributed by atoms with E-state index in [0.717, 1.165) is 4.90 Å². The van der Waals surface area contributed by atoms with Crippen LogP contribution in [0.4, 0.5) is 0 Å². The van der Waals surface area contributed by atoms with Gasteiger partial charge < -0.3 is 0 Å². The van der Waals surface area contributed by atoms with Crippen LogP contribution in [0.5, 0.6) is 0 Å². The summed E-state index contributed by atoms with van der Waals surface area (Å²) in [5, 5.41) is 0.00819. The molecule has 3 rings (SSSR count). The summed E-state index contributed by atoms with van der Waals surface area (Å²) in [5.74, 6) is 1.30. The second-order valence-corrected chi connectivity index (χ2v) is 6.11. The Balaban J connectivity index is 1.78. The zero-order chi connectivity index (χ0) is 11.8. The smallest absolute Gasteiger partial charge is 0.146 e. The van der Waals surface area contributed by atoms with Crippen molar-refractivity contribution in [3.05, 3.63) is 30.3 Å². The van der Waals surface area contributed by atoms with Crippen LogP contribution in [0.15, 0.2) is 35.2 Å².